The normalized spacial score (nSPS) is 11.9. The Morgan fingerprint density at radius 3 is 2.77 bits per heavy atom. The number of nitrogens with one attached hydrogen (secondary N) is 1. The fourth-order valence-electron chi connectivity index (χ4n) is 2.25. The molecule has 7 nitrogen and oxygen atoms in total. The summed E-state index contributed by atoms with van der Waals surface area (Å²) >= 11 is 7.31. The van der Waals surface area contributed by atoms with Crippen LogP contribution in [0.5, 0.6) is 0 Å². The van der Waals surface area contributed by atoms with Gasteiger partial charge in [-0.2, -0.15) is 0 Å². The first-order valence-electron chi connectivity index (χ1n) is 7.57. The zero-order valence-electron chi connectivity index (χ0n) is 13.5. The summed E-state index contributed by atoms with van der Waals surface area (Å²) < 4.78 is 0. The standard InChI is InChI=1S/C17H13ClN4O3S/c1-10(26-17-12-4-2-3-5-14(12)19-9-20-17)16(23)21-15-7-6-11(22(24)25)8-13(15)18/h2-10H,1H3,(H,21,23)/t10-/m0/s1. The third kappa shape index (κ3) is 3.92. The van der Waals surface area contributed by atoms with Crippen molar-refractivity contribution in [2.45, 2.75) is 17.2 Å². The largest absolute Gasteiger partial charge is 0.324 e. The Labute approximate surface area is 157 Å². The maximum atomic E-state index is 12.5. The molecule has 0 saturated heterocycles. The first-order chi connectivity index (χ1) is 12.5. The third-order valence-electron chi connectivity index (χ3n) is 3.59. The molecule has 0 aliphatic rings. The number of anilines is 1. The number of hydrogen-bond donors (Lipinski definition) is 1. The quantitative estimate of drug-likeness (QED) is 0.302. The van der Waals surface area contributed by atoms with Crippen molar-refractivity contribution in [2.24, 2.45) is 0 Å². The molecule has 3 aromatic rings. The molecule has 1 heterocycles. The number of halogens is 1. The van der Waals surface area contributed by atoms with E-state index in [0.29, 0.717) is 10.7 Å². The first-order valence-corrected chi connectivity index (χ1v) is 8.82. The van der Waals surface area contributed by atoms with Crippen LogP contribution in [-0.2, 0) is 4.79 Å². The van der Waals surface area contributed by atoms with Gasteiger partial charge in [-0.15, -0.1) is 0 Å². The lowest BCUT2D eigenvalue weighted by Gasteiger charge is -2.13. The van der Waals surface area contributed by atoms with E-state index in [-0.39, 0.29) is 16.6 Å². The molecular formula is C17H13ClN4O3S. The van der Waals surface area contributed by atoms with Gasteiger partial charge in [-0.25, -0.2) is 9.97 Å². The second kappa shape index (κ2) is 7.67. The second-order valence-electron chi connectivity index (χ2n) is 5.37. The van der Waals surface area contributed by atoms with Crippen LogP contribution in [0.1, 0.15) is 6.92 Å². The number of nitrogens with zero attached hydrogens (tertiary/aromatic N) is 3. The van der Waals surface area contributed by atoms with Gasteiger partial charge < -0.3 is 5.32 Å². The van der Waals surface area contributed by atoms with Crippen molar-refractivity contribution in [3.05, 3.63) is 63.9 Å². The number of non-ortho nitro benzene ring substituents is 1. The Hall–Kier alpha value is -2.71. The molecule has 26 heavy (non-hydrogen) atoms. The number of carbonyl (C=O) groups excluding carboxylic acids is 1. The zero-order chi connectivity index (χ0) is 18.7. The van der Waals surface area contributed by atoms with Crippen LogP contribution in [0.2, 0.25) is 5.02 Å². The molecular weight excluding hydrogens is 376 g/mol. The van der Waals surface area contributed by atoms with Gasteiger partial charge in [0, 0.05) is 17.5 Å². The van der Waals surface area contributed by atoms with Crippen molar-refractivity contribution >= 4 is 51.5 Å². The van der Waals surface area contributed by atoms with E-state index in [4.69, 9.17) is 11.6 Å². The van der Waals surface area contributed by atoms with Crippen molar-refractivity contribution in [3.8, 4) is 0 Å². The Balaban J connectivity index is 1.75. The highest BCUT2D eigenvalue weighted by Gasteiger charge is 2.19. The maximum absolute atomic E-state index is 12.5. The molecule has 3 rings (SSSR count). The SMILES string of the molecule is C[C@H](Sc1ncnc2ccccc12)C(=O)Nc1ccc([N+](=O)[O-])cc1Cl. The summed E-state index contributed by atoms with van der Waals surface area (Å²) in [5.74, 6) is -0.284. The van der Waals surface area contributed by atoms with Gasteiger partial charge in [0.2, 0.25) is 5.91 Å². The first kappa shape index (κ1) is 18.1. The van der Waals surface area contributed by atoms with E-state index in [9.17, 15) is 14.9 Å². The molecule has 0 aliphatic heterocycles. The number of nitro groups is 1. The van der Waals surface area contributed by atoms with E-state index in [1.807, 2.05) is 24.3 Å². The molecule has 1 N–H and O–H groups in total. The smallest absolute Gasteiger partial charge is 0.271 e. The lowest BCUT2D eigenvalue weighted by atomic mass is 10.2. The number of benzene rings is 2. The summed E-state index contributed by atoms with van der Waals surface area (Å²) in [6.07, 6.45) is 1.46. The Morgan fingerprint density at radius 1 is 1.27 bits per heavy atom. The van der Waals surface area contributed by atoms with Gasteiger partial charge >= 0.3 is 0 Å². The molecule has 1 amide bonds. The molecule has 0 radical (unpaired) electrons. The van der Waals surface area contributed by atoms with E-state index in [1.165, 1.54) is 36.3 Å². The molecule has 0 aliphatic carbocycles. The van der Waals surface area contributed by atoms with Crippen LogP contribution in [0.15, 0.2) is 53.8 Å². The molecule has 9 heteroatoms. The number of aromatic nitrogens is 2. The van der Waals surface area contributed by atoms with Gasteiger partial charge in [-0.05, 0) is 19.1 Å². The fraction of sp³-hybridized carbons (Fsp3) is 0.118. The van der Waals surface area contributed by atoms with E-state index in [1.54, 1.807) is 6.92 Å². The second-order valence-corrected chi connectivity index (χ2v) is 7.10. The number of thioether (sulfide) groups is 1. The number of fused-ring (bicyclic) bond motifs is 1. The van der Waals surface area contributed by atoms with Crippen LogP contribution in [0.25, 0.3) is 10.9 Å². The van der Waals surface area contributed by atoms with Crippen LogP contribution < -0.4 is 5.32 Å². The minimum absolute atomic E-state index is 0.109. The fourth-order valence-corrected chi connectivity index (χ4v) is 3.38. The van der Waals surface area contributed by atoms with E-state index in [2.05, 4.69) is 15.3 Å². The number of hydrogen-bond acceptors (Lipinski definition) is 6. The van der Waals surface area contributed by atoms with Crippen molar-refractivity contribution in [1.29, 1.82) is 0 Å². The molecule has 1 atom stereocenters. The average molecular weight is 389 g/mol. The van der Waals surface area contributed by atoms with E-state index < -0.39 is 10.2 Å². The van der Waals surface area contributed by atoms with Gasteiger partial charge in [0.05, 0.1) is 26.4 Å². The average Bonchev–Trinajstić information content (AvgIpc) is 2.63. The Bertz CT molecular complexity index is 993. The molecule has 0 saturated carbocycles. The molecule has 0 bridgehead atoms. The van der Waals surface area contributed by atoms with Crippen LogP contribution in [0.4, 0.5) is 11.4 Å². The highest BCUT2D eigenvalue weighted by Crippen LogP contribution is 2.30. The minimum Gasteiger partial charge on any atom is -0.324 e. The van der Waals surface area contributed by atoms with E-state index in [0.717, 1.165) is 10.9 Å². The predicted molar refractivity (Wildman–Crippen MR) is 102 cm³/mol. The molecule has 2 aromatic carbocycles. The summed E-state index contributed by atoms with van der Waals surface area (Å²) in [4.78, 5) is 31.1. The summed E-state index contributed by atoms with van der Waals surface area (Å²) in [6, 6.07) is 11.4. The topological polar surface area (TPSA) is 98.0 Å². The summed E-state index contributed by atoms with van der Waals surface area (Å²) in [5.41, 5.74) is 0.987. The highest BCUT2D eigenvalue weighted by atomic mass is 35.5. The molecule has 0 unspecified atom stereocenters. The van der Waals surface area contributed by atoms with Gasteiger partial charge in [-0.3, -0.25) is 14.9 Å². The van der Waals surface area contributed by atoms with Gasteiger partial charge in [-0.1, -0.05) is 41.6 Å². The van der Waals surface area contributed by atoms with Crippen molar-refractivity contribution < 1.29 is 9.72 Å². The van der Waals surface area contributed by atoms with Gasteiger partial charge in [0.1, 0.15) is 11.4 Å². The number of carbonyl (C=O) groups is 1. The minimum atomic E-state index is -0.545. The number of amides is 1. The zero-order valence-corrected chi connectivity index (χ0v) is 15.1. The number of para-hydroxylation sites is 1. The molecule has 1 aromatic heterocycles. The summed E-state index contributed by atoms with van der Waals surface area (Å²) in [7, 11) is 0. The number of nitro benzene ring substituents is 1. The lowest BCUT2D eigenvalue weighted by molar-refractivity contribution is -0.384. The lowest BCUT2D eigenvalue weighted by Crippen LogP contribution is -2.22. The maximum Gasteiger partial charge on any atom is 0.271 e. The van der Waals surface area contributed by atoms with Gasteiger partial charge in [0.25, 0.3) is 5.69 Å². The predicted octanol–water partition coefficient (Wildman–Crippen LogP) is 4.31. The third-order valence-corrected chi connectivity index (χ3v) is 5.01. The molecule has 0 spiro atoms. The van der Waals surface area contributed by atoms with Gasteiger partial charge in [0.15, 0.2) is 0 Å². The Morgan fingerprint density at radius 2 is 2.04 bits per heavy atom. The van der Waals surface area contributed by atoms with Crippen LogP contribution >= 0.6 is 23.4 Å². The van der Waals surface area contributed by atoms with Crippen LogP contribution in [-0.4, -0.2) is 26.0 Å². The Kier molecular flexibility index (Phi) is 5.34. The summed E-state index contributed by atoms with van der Waals surface area (Å²) in [6.45, 7) is 1.75. The summed E-state index contributed by atoms with van der Waals surface area (Å²) in [5, 5.41) is 14.7. The van der Waals surface area contributed by atoms with Crippen molar-refractivity contribution in [3.63, 3.8) is 0 Å². The molecule has 0 fully saturated rings. The van der Waals surface area contributed by atoms with Crippen molar-refractivity contribution in [2.75, 3.05) is 5.32 Å². The highest BCUT2D eigenvalue weighted by molar-refractivity contribution is 8.00. The van der Waals surface area contributed by atoms with Crippen LogP contribution in [0.3, 0.4) is 0 Å². The number of rotatable bonds is 5. The monoisotopic (exact) mass is 388 g/mol. The van der Waals surface area contributed by atoms with E-state index >= 15 is 0 Å². The van der Waals surface area contributed by atoms with Crippen molar-refractivity contribution in [1.82, 2.24) is 9.97 Å². The molecule has 132 valence electrons. The van der Waals surface area contributed by atoms with Crippen LogP contribution in [0, 0.1) is 10.1 Å².